The summed E-state index contributed by atoms with van der Waals surface area (Å²) < 4.78 is 5.85. The number of hydrogen-bond donors (Lipinski definition) is 2. The number of nitrogens with one attached hydrogen (secondary N) is 1. The van der Waals surface area contributed by atoms with Crippen molar-refractivity contribution in [1.82, 2.24) is 0 Å². The molecule has 0 radical (unpaired) electrons. The van der Waals surface area contributed by atoms with Gasteiger partial charge in [0.25, 0.3) is 0 Å². The van der Waals surface area contributed by atoms with Gasteiger partial charge in [0, 0.05) is 11.4 Å². The van der Waals surface area contributed by atoms with Gasteiger partial charge in [0.1, 0.15) is 17.9 Å². The van der Waals surface area contributed by atoms with Crippen molar-refractivity contribution in [2.75, 3.05) is 22.5 Å². The fraction of sp³-hybridized carbons (Fsp3) is 0.316. The molecule has 24 heavy (non-hydrogen) atoms. The summed E-state index contributed by atoms with van der Waals surface area (Å²) in [4.78, 5) is 14.7. The number of fused-ring (bicyclic) bond motifs is 1. The first-order valence-electron chi connectivity index (χ1n) is 8.14. The normalized spacial score (nSPS) is 17.6. The fourth-order valence-corrected chi connectivity index (χ4v) is 2.88. The minimum absolute atomic E-state index is 0.00995. The summed E-state index contributed by atoms with van der Waals surface area (Å²) in [6, 6.07) is 13.0. The molecule has 5 nitrogen and oxygen atoms in total. The molecule has 0 spiro atoms. The summed E-state index contributed by atoms with van der Waals surface area (Å²) in [7, 11) is 0. The molecule has 126 valence electrons. The van der Waals surface area contributed by atoms with Crippen molar-refractivity contribution in [2.45, 2.75) is 32.9 Å². The van der Waals surface area contributed by atoms with Crippen molar-refractivity contribution < 1.29 is 9.53 Å². The van der Waals surface area contributed by atoms with Gasteiger partial charge in [-0.05, 0) is 51.1 Å². The van der Waals surface area contributed by atoms with E-state index >= 15 is 0 Å². The summed E-state index contributed by atoms with van der Waals surface area (Å²) >= 11 is 0. The molecule has 3 N–H and O–H groups in total. The highest BCUT2D eigenvalue weighted by Crippen LogP contribution is 2.36. The number of amides is 1. The third kappa shape index (κ3) is 3.30. The minimum atomic E-state index is -0.335. The largest absolute Gasteiger partial charge is 0.487 e. The van der Waals surface area contributed by atoms with E-state index in [-0.39, 0.29) is 18.1 Å². The number of hydrogen-bond acceptors (Lipinski definition) is 4. The number of carbonyl (C=O) groups is 1. The topological polar surface area (TPSA) is 67.6 Å². The van der Waals surface area contributed by atoms with Crippen LogP contribution in [-0.2, 0) is 4.79 Å². The van der Waals surface area contributed by atoms with Crippen LogP contribution in [0, 0.1) is 6.92 Å². The Hall–Kier alpha value is -2.69. The van der Waals surface area contributed by atoms with Crippen LogP contribution < -0.4 is 20.7 Å². The number of rotatable bonds is 3. The maximum Gasteiger partial charge on any atom is 0.246 e. The van der Waals surface area contributed by atoms with Crippen LogP contribution in [0.2, 0.25) is 0 Å². The lowest BCUT2D eigenvalue weighted by molar-refractivity contribution is -0.117. The highest BCUT2D eigenvalue weighted by atomic mass is 16.5. The van der Waals surface area contributed by atoms with Gasteiger partial charge in [0.05, 0.1) is 12.2 Å². The van der Waals surface area contributed by atoms with Crippen molar-refractivity contribution in [2.24, 2.45) is 0 Å². The van der Waals surface area contributed by atoms with Gasteiger partial charge in [0.15, 0.2) is 0 Å². The second-order valence-corrected chi connectivity index (χ2v) is 6.34. The summed E-state index contributed by atoms with van der Waals surface area (Å²) in [6.07, 6.45) is 0.00995. The molecule has 0 aliphatic carbocycles. The number of nitrogens with zero attached hydrogens (tertiary/aromatic N) is 1. The predicted octanol–water partition coefficient (Wildman–Crippen LogP) is 3.19. The first-order valence-corrected chi connectivity index (χ1v) is 8.14. The second kappa shape index (κ2) is 6.43. The zero-order chi connectivity index (χ0) is 17.3. The van der Waals surface area contributed by atoms with Crippen LogP contribution in [0.25, 0.3) is 0 Å². The second-order valence-electron chi connectivity index (χ2n) is 6.34. The van der Waals surface area contributed by atoms with Gasteiger partial charge in [-0.2, -0.15) is 0 Å². The quantitative estimate of drug-likeness (QED) is 0.851. The lowest BCUT2D eigenvalue weighted by Crippen LogP contribution is -2.48. The van der Waals surface area contributed by atoms with Crippen LogP contribution in [-0.4, -0.2) is 24.6 Å². The molecule has 0 saturated carbocycles. The van der Waals surface area contributed by atoms with E-state index in [4.69, 9.17) is 10.5 Å². The zero-order valence-electron chi connectivity index (χ0n) is 14.2. The van der Waals surface area contributed by atoms with Crippen molar-refractivity contribution in [1.29, 1.82) is 0 Å². The number of nitrogen functional groups attached to an aromatic ring is 1. The molecule has 0 bridgehead atoms. The number of nitrogens with two attached hydrogens (primary N) is 1. The molecule has 2 atom stereocenters. The average Bonchev–Trinajstić information content (AvgIpc) is 2.56. The van der Waals surface area contributed by atoms with Crippen molar-refractivity contribution in [3.8, 4) is 5.75 Å². The van der Waals surface area contributed by atoms with Gasteiger partial charge in [-0.25, -0.2) is 0 Å². The van der Waals surface area contributed by atoms with E-state index in [0.29, 0.717) is 12.2 Å². The maximum atomic E-state index is 12.7. The Kier molecular flexibility index (Phi) is 4.34. The van der Waals surface area contributed by atoms with Crippen molar-refractivity contribution >= 4 is 23.0 Å². The Labute approximate surface area is 142 Å². The van der Waals surface area contributed by atoms with Crippen LogP contribution in [0.4, 0.5) is 17.1 Å². The molecule has 2 aromatic carbocycles. The maximum absolute atomic E-state index is 12.7. The number of ether oxygens (including phenoxy) is 1. The number of anilines is 3. The Morgan fingerprint density at radius 3 is 2.71 bits per heavy atom. The molecular weight excluding hydrogens is 302 g/mol. The Morgan fingerprint density at radius 2 is 2.00 bits per heavy atom. The summed E-state index contributed by atoms with van der Waals surface area (Å²) in [5.74, 6) is 0.708. The van der Waals surface area contributed by atoms with E-state index in [0.717, 1.165) is 22.7 Å². The van der Waals surface area contributed by atoms with E-state index < -0.39 is 0 Å². The molecule has 1 aliphatic heterocycles. The highest BCUT2D eigenvalue weighted by Gasteiger charge is 2.30. The van der Waals surface area contributed by atoms with Crippen LogP contribution in [0.3, 0.4) is 0 Å². The molecule has 0 saturated heterocycles. The van der Waals surface area contributed by atoms with E-state index in [1.165, 1.54) is 0 Å². The Morgan fingerprint density at radius 1 is 1.29 bits per heavy atom. The van der Waals surface area contributed by atoms with Crippen LogP contribution in [0.15, 0.2) is 42.5 Å². The summed E-state index contributed by atoms with van der Waals surface area (Å²) in [5.41, 5.74) is 9.38. The van der Waals surface area contributed by atoms with Gasteiger partial charge in [-0.3, -0.25) is 4.79 Å². The first kappa shape index (κ1) is 16.2. The predicted molar refractivity (Wildman–Crippen MR) is 97.6 cm³/mol. The minimum Gasteiger partial charge on any atom is -0.487 e. The third-order valence-electron chi connectivity index (χ3n) is 4.24. The Bertz CT molecular complexity index is 743. The molecule has 1 amide bonds. The van der Waals surface area contributed by atoms with Gasteiger partial charge in [0.2, 0.25) is 5.91 Å². The monoisotopic (exact) mass is 325 g/mol. The van der Waals surface area contributed by atoms with Gasteiger partial charge >= 0.3 is 0 Å². The van der Waals surface area contributed by atoms with Crippen molar-refractivity contribution in [3.05, 3.63) is 48.0 Å². The summed E-state index contributed by atoms with van der Waals surface area (Å²) in [6.45, 7) is 6.55. The molecule has 0 aromatic heterocycles. The van der Waals surface area contributed by atoms with E-state index in [1.807, 2.05) is 68.1 Å². The van der Waals surface area contributed by atoms with Crippen molar-refractivity contribution in [3.63, 3.8) is 0 Å². The van der Waals surface area contributed by atoms with Gasteiger partial charge < -0.3 is 20.7 Å². The first-order chi connectivity index (χ1) is 11.4. The molecule has 1 heterocycles. The molecule has 0 fully saturated rings. The number of aryl methyl sites for hydroxylation is 1. The molecule has 2 aromatic rings. The molecular formula is C19H23N3O2. The summed E-state index contributed by atoms with van der Waals surface area (Å²) in [5, 5.41) is 2.97. The Balaban J connectivity index is 1.81. The highest BCUT2D eigenvalue weighted by molar-refractivity contribution is 5.97. The zero-order valence-corrected chi connectivity index (χ0v) is 14.2. The molecule has 2 unspecified atom stereocenters. The van der Waals surface area contributed by atoms with E-state index in [1.54, 1.807) is 0 Å². The van der Waals surface area contributed by atoms with E-state index in [2.05, 4.69) is 5.32 Å². The average molecular weight is 325 g/mol. The SMILES string of the molecule is Cc1ccc(NC(=O)C(C)N2CC(C)Oc3ccc(N)cc32)cc1. The standard InChI is InChI=1S/C19H23N3O2/c1-12-4-7-16(8-5-12)21-19(23)14(3)22-11-13(2)24-18-9-6-15(20)10-17(18)22/h4-10,13-14H,11,20H2,1-3H3,(H,21,23). The molecule has 1 aliphatic rings. The third-order valence-corrected chi connectivity index (χ3v) is 4.24. The number of carbonyl (C=O) groups excluding carboxylic acids is 1. The van der Waals surface area contributed by atoms with Crippen LogP contribution >= 0.6 is 0 Å². The fourth-order valence-electron chi connectivity index (χ4n) is 2.88. The lowest BCUT2D eigenvalue weighted by atomic mass is 10.1. The number of benzene rings is 2. The van der Waals surface area contributed by atoms with Crippen LogP contribution in [0.5, 0.6) is 5.75 Å². The lowest BCUT2D eigenvalue weighted by Gasteiger charge is -2.38. The molecule has 5 heteroatoms. The van der Waals surface area contributed by atoms with Gasteiger partial charge in [-0.1, -0.05) is 17.7 Å². The molecule has 3 rings (SSSR count). The van der Waals surface area contributed by atoms with E-state index in [9.17, 15) is 4.79 Å². The van der Waals surface area contributed by atoms with Crippen LogP contribution in [0.1, 0.15) is 19.4 Å². The van der Waals surface area contributed by atoms with Gasteiger partial charge in [-0.15, -0.1) is 0 Å². The smallest absolute Gasteiger partial charge is 0.246 e.